The third-order valence-corrected chi connectivity index (χ3v) is 7.16. The molecule has 0 bridgehead atoms. The molecule has 8 heteroatoms. The van der Waals surface area contributed by atoms with Crippen molar-refractivity contribution in [3.8, 4) is 0 Å². The Kier molecular flexibility index (Phi) is 106. The van der Waals surface area contributed by atoms with E-state index in [9.17, 15) is 0 Å². The van der Waals surface area contributed by atoms with Crippen molar-refractivity contribution in [2.24, 2.45) is 0 Å². The summed E-state index contributed by atoms with van der Waals surface area (Å²) >= 11 is 0. The van der Waals surface area contributed by atoms with Crippen molar-refractivity contribution in [2.45, 2.75) is 224 Å². The largest absolute Gasteiger partial charge is 0.328 e. The van der Waals surface area contributed by atoms with Crippen molar-refractivity contribution in [1.29, 1.82) is 0 Å². The Balaban J connectivity index is -0.0000000750. The molecule has 328 valence electrons. The van der Waals surface area contributed by atoms with Crippen LogP contribution in [-0.2, 0) is 0 Å². The molecule has 54 heavy (non-hydrogen) atoms. The van der Waals surface area contributed by atoms with Gasteiger partial charge in [-0.05, 0) is 0 Å². The van der Waals surface area contributed by atoms with Gasteiger partial charge in [0, 0.05) is 0 Å². The van der Waals surface area contributed by atoms with Crippen LogP contribution in [0.5, 0.6) is 0 Å². The van der Waals surface area contributed by atoms with Crippen LogP contribution < -0.4 is 0 Å². The zero-order valence-corrected chi connectivity index (χ0v) is 37.3. The highest BCUT2D eigenvalue weighted by atomic mass is 31.2. The number of hydrogen-bond donors (Lipinski definition) is 6. The average Bonchev–Trinajstić information content (AvgIpc) is 3.15. The van der Waals surface area contributed by atoms with Gasteiger partial charge < -0.3 is 29.4 Å². The summed E-state index contributed by atoms with van der Waals surface area (Å²) in [6.45, 7) is 18.0. The fraction of sp³-hybridized carbons (Fsp3) is 0.739. The van der Waals surface area contributed by atoms with E-state index < -0.39 is 17.2 Å². The molecule has 0 radical (unpaired) electrons. The zero-order valence-electron chi connectivity index (χ0n) is 35.5. The van der Waals surface area contributed by atoms with Crippen molar-refractivity contribution in [1.82, 2.24) is 0 Å². The Hall–Kier alpha value is -0.940. The summed E-state index contributed by atoms with van der Waals surface area (Å²) in [6, 6.07) is 24.0. The number of hydrogen-bond acceptors (Lipinski definition) is 6. The lowest BCUT2D eigenvalue weighted by Crippen LogP contribution is -1.73. The van der Waals surface area contributed by atoms with E-state index in [1.165, 1.54) is 154 Å². The second-order valence-corrected chi connectivity index (χ2v) is 13.6. The van der Waals surface area contributed by atoms with Gasteiger partial charge in [-0.1, -0.05) is 297 Å². The Morgan fingerprint density at radius 1 is 0.222 bits per heavy atom. The molecular formula is C46H98O6P2. The Bertz CT molecular complexity index is 544. The third-order valence-electron chi connectivity index (χ3n) is 7.16. The van der Waals surface area contributed by atoms with Gasteiger partial charge in [-0.15, -0.1) is 0 Å². The molecule has 0 saturated carbocycles. The highest BCUT2D eigenvalue weighted by Gasteiger charge is 1.85. The maximum absolute atomic E-state index is 7.23. The average molecular weight is 809 g/mol. The van der Waals surface area contributed by atoms with E-state index in [1.807, 2.05) is 72.8 Å². The fourth-order valence-corrected chi connectivity index (χ4v) is 4.18. The second-order valence-electron chi connectivity index (χ2n) is 12.5. The monoisotopic (exact) mass is 809 g/mol. The standard InChI is InChI=1S/4C8H18.2C6H6.2CH4.2H3O3P/c4*1-3-5-7-8-6-4-2;2*1-2-4-6-5-3-1;;;2*1-4(2)3/h4*3-8H2,1-2H3;2*1-6H;2*1H4;2*1-3H. The molecule has 0 heterocycles. The minimum Gasteiger partial charge on any atom is -0.328 e. The van der Waals surface area contributed by atoms with Crippen LogP contribution in [0, 0.1) is 0 Å². The Morgan fingerprint density at radius 2 is 0.296 bits per heavy atom. The lowest BCUT2D eigenvalue weighted by atomic mass is 10.1. The molecule has 0 aliphatic rings. The molecule has 6 N–H and O–H groups in total. The van der Waals surface area contributed by atoms with Crippen LogP contribution in [0.25, 0.3) is 0 Å². The molecule has 0 amide bonds. The Morgan fingerprint density at radius 3 is 0.352 bits per heavy atom. The first kappa shape index (κ1) is 70.8. The molecule has 6 nitrogen and oxygen atoms in total. The molecule has 0 aliphatic carbocycles. The molecule has 2 aromatic carbocycles. The summed E-state index contributed by atoms with van der Waals surface area (Å²) in [5.74, 6) is 0. The van der Waals surface area contributed by atoms with Crippen LogP contribution in [0.3, 0.4) is 0 Å². The van der Waals surface area contributed by atoms with Crippen molar-refractivity contribution >= 4 is 17.2 Å². The smallest absolute Gasteiger partial charge is 0.324 e. The van der Waals surface area contributed by atoms with Crippen molar-refractivity contribution < 1.29 is 29.4 Å². The van der Waals surface area contributed by atoms with E-state index in [-0.39, 0.29) is 14.9 Å². The van der Waals surface area contributed by atoms with Gasteiger partial charge in [0.15, 0.2) is 0 Å². The second kappa shape index (κ2) is 80.5. The van der Waals surface area contributed by atoms with Crippen LogP contribution in [0.2, 0.25) is 0 Å². The molecule has 0 fully saturated rings. The first-order valence-electron chi connectivity index (χ1n) is 20.9. The highest BCUT2D eigenvalue weighted by Crippen LogP contribution is 2.12. The van der Waals surface area contributed by atoms with Gasteiger partial charge in [0.1, 0.15) is 0 Å². The Labute approximate surface area is 342 Å². The maximum Gasteiger partial charge on any atom is 0.324 e. The summed E-state index contributed by atoms with van der Waals surface area (Å²) < 4.78 is 0. The van der Waals surface area contributed by atoms with Crippen LogP contribution in [0.1, 0.15) is 224 Å². The third kappa shape index (κ3) is 133. The summed E-state index contributed by atoms with van der Waals surface area (Å²) in [4.78, 5) is 43.4. The first-order chi connectivity index (χ1) is 25.1. The SMILES string of the molecule is C.C.CCCCCCCC.CCCCCCCC.CCCCCCCC.CCCCCCCC.OP(O)O.OP(O)O.c1ccccc1.c1ccccc1. The van der Waals surface area contributed by atoms with Gasteiger partial charge >= 0.3 is 17.2 Å². The molecule has 2 aromatic rings. The lowest BCUT2D eigenvalue weighted by molar-refractivity contribution is 0.366. The quantitative estimate of drug-likeness (QED) is 0.0585. The predicted octanol–water partition coefficient (Wildman–Crippen LogP) is 16.5. The van der Waals surface area contributed by atoms with Gasteiger partial charge in [-0.2, -0.15) is 0 Å². The molecule has 0 aliphatic heterocycles. The van der Waals surface area contributed by atoms with E-state index in [0.29, 0.717) is 0 Å². The summed E-state index contributed by atoms with van der Waals surface area (Å²) in [7, 11) is -5.24. The fourth-order valence-electron chi connectivity index (χ4n) is 4.18. The van der Waals surface area contributed by atoms with Crippen LogP contribution in [-0.4, -0.2) is 29.4 Å². The molecule has 0 atom stereocenters. The molecular weight excluding hydrogens is 710 g/mol. The number of unbranched alkanes of at least 4 members (excludes halogenated alkanes) is 20. The highest BCUT2D eigenvalue weighted by molar-refractivity contribution is 7.38. The van der Waals surface area contributed by atoms with Crippen LogP contribution >= 0.6 is 17.2 Å². The van der Waals surface area contributed by atoms with Gasteiger partial charge in [0.05, 0.1) is 0 Å². The summed E-state index contributed by atoms with van der Waals surface area (Å²) in [5, 5.41) is 0. The van der Waals surface area contributed by atoms with E-state index in [4.69, 9.17) is 29.4 Å². The van der Waals surface area contributed by atoms with Gasteiger partial charge in [0.25, 0.3) is 0 Å². The van der Waals surface area contributed by atoms with Crippen molar-refractivity contribution in [3.05, 3.63) is 72.8 Å². The first-order valence-corrected chi connectivity index (χ1v) is 23.3. The number of rotatable bonds is 20. The lowest BCUT2D eigenvalue weighted by Gasteiger charge is -1.93. The minimum absolute atomic E-state index is 0. The van der Waals surface area contributed by atoms with Gasteiger partial charge in [-0.25, -0.2) is 0 Å². The zero-order chi connectivity index (χ0) is 40.6. The maximum atomic E-state index is 7.23. The van der Waals surface area contributed by atoms with Crippen molar-refractivity contribution in [3.63, 3.8) is 0 Å². The van der Waals surface area contributed by atoms with Gasteiger partial charge in [-0.3, -0.25) is 0 Å². The normalized spacial score (nSPS) is 8.89. The minimum atomic E-state index is -2.62. The molecule has 0 spiro atoms. The van der Waals surface area contributed by atoms with E-state index in [1.54, 1.807) is 0 Å². The van der Waals surface area contributed by atoms with E-state index >= 15 is 0 Å². The molecule has 0 unspecified atom stereocenters. The molecule has 0 aromatic heterocycles. The van der Waals surface area contributed by atoms with E-state index in [2.05, 4.69) is 55.4 Å². The predicted molar refractivity (Wildman–Crippen MR) is 250 cm³/mol. The topological polar surface area (TPSA) is 121 Å². The molecule has 2 rings (SSSR count). The van der Waals surface area contributed by atoms with Gasteiger partial charge in [0.2, 0.25) is 0 Å². The van der Waals surface area contributed by atoms with Crippen LogP contribution in [0.4, 0.5) is 0 Å². The van der Waals surface area contributed by atoms with E-state index in [0.717, 1.165) is 0 Å². The summed E-state index contributed by atoms with van der Waals surface area (Å²) in [6.07, 6.45) is 34.0. The molecule has 0 saturated heterocycles. The van der Waals surface area contributed by atoms with Crippen LogP contribution in [0.15, 0.2) is 72.8 Å². The summed E-state index contributed by atoms with van der Waals surface area (Å²) in [5.41, 5.74) is 0. The number of benzene rings is 2. The van der Waals surface area contributed by atoms with Crippen molar-refractivity contribution in [2.75, 3.05) is 0 Å².